The molecule has 1 aromatic carbocycles. The van der Waals surface area contributed by atoms with Crippen molar-refractivity contribution in [3.8, 4) is 17.6 Å². The molecule has 0 N–H and O–H groups in total. The smallest absolute Gasteiger partial charge is 0.178 e. The minimum absolute atomic E-state index is 0.523. The van der Waals surface area contributed by atoms with E-state index in [1.807, 2.05) is 19.1 Å². The third-order valence-corrected chi connectivity index (χ3v) is 2.12. The molecule has 3 heteroatoms. The largest absolute Gasteiger partial charge is 0.493 e. The average molecular weight is 191 g/mol. The highest BCUT2D eigenvalue weighted by atomic mass is 16.5. The molecule has 0 aromatic heterocycles. The third-order valence-electron chi connectivity index (χ3n) is 2.12. The van der Waals surface area contributed by atoms with Crippen molar-refractivity contribution < 1.29 is 9.47 Å². The van der Waals surface area contributed by atoms with Crippen molar-refractivity contribution in [2.75, 3.05) is 14.2 Å². The van der Waals surface area contributed by atoms with Gasteiger partial charge < -0.3 is 9.47 Å². The van der Waals surface area contributed by atoms with Crippen LogP contribution in [0.25, 0.3) is 0 Å². The number of methoxy groups -OCH3 is 2. The Hall–Kier alpha value is -1.69. The van der Waals surface area contributed by atoms with E-state index in [0.29, 0.717) is 17.1 Å². The fourth-order valence-electron chi connectivity index (χ4n) is 1.38. The van der Waals surface area contributed by atoms with Gasteiger partial charge in [0, 0.05) is 0 Å². The molecule has 0 fully saturated rings. The molecule has 74 valence electrons. The van der Waals surface area contributed by atoms with Crippen molar-refractivity contribution in [2.24, 2.45) is 0 Å². The number of hydrogen-bond donors (Lipinski definition) is 0. The first-order valence-corrected chi connectivity index (χ1v) is 4.42. The summed E-state index contributed by atoms with van der Waals surface area (Å²) in [7, 11) is 3.10. The zero-order valence-electron chi connectivity index (χ0n) is 8.63. The molecule has 0 bridgehead atoms. The van der Waals surface area contributed by atoms with Crippen molar-refractivity contribution in [2.45, 2.75) is 13.3 Å². The molecule has 1 aromatic rings. The Balaban J connectivity index is 3.38. The average Bonchev–Trinajstić information content (AvgIpc) is 2.26. The molecular formula is C11H13NO2. The SMILES string of the molecule is CCc1ccc(OC)c(OC)c1C#N. The van der Waals surface area contributed by atoms with Gasteiger partial charge in [-0.25, -0.2) is 0 Å². The maximum atomic E-state index is 9.00. The van der Waals surface area contributed by atoms with Crippen LogP contribution < -0.4 is 9.47 Å². The zero-order valence-corrected chi connectivity index (χ0v) is 8.63. The summed E-state index contributed by atoms with van der Waals surface area (Å²) in [4.78, 5) is 0. The molecule has 0 aliphatic rings. The highest BCUT2D eigenvalue weighted by molar-refractivity contribution is 5.56. The lowest BCUT2D eigenvalue weighted by Crippen LogP contribution is -1.97. The van der Waals surface area contributed by atoms with E-state index in [1.165, 1.54) is 7.11 Å². The van der Waals surface area contributed by atoms with E-state index in [4.69, 9.17) is 14.7 Å². The second-order valence-electron chi connectivity index (χ2n) is 2.80. The van der Waals surface area contributed by atoms with Crippen molar-refractivity contribution in [3.63, 3.8) is 0 Å². The summed E-state index contributed by atoms with van der Waals surface area (Å²) in [5.41, 5.74) is 1.54. The Bertz CT molecular complexity index is 366. The summed E-state index contributed by atoms with van der Waals surface area (Å²) in [6.45, 7) is 2.00. The predicted octanol–water partition coefficient (Wildman–Crippen LogP) is 2.14. The topological polar surface area (TPSA) is 42.2 Å². The van der Waals surface area contributed by atoms with Gasteiger partial charge in [-0.2, -0.15) is 5.26 Å². The van der Waals surface area contributed by atoms with Crippen LogP contribution >= 0.6 is 0 Å². The van der Waals surface area contributed by atoms with Gasteiger partial charge in [0.05, 0.1) is 14.2 Å². The Morgan fingerprint density at radius 2 is 2.00 bits per heavy atom. The first kappa shape index (κ1) is 10.4. The Morgan fingerprint density at radius 3 is 2.43 bits per heavy atom. The molecule has 0 heterocycles. The van der Waals surface area contributed by atoms with E-state index in [1.54, 1.807) is 7.11 Å². The van der Waals surface area contributed by atoms with Gasteiger partial charge in [0.2, 0.25) is 0 Å². The van der Waals surface area contributed by atoms with E-state index in [9.17, 15) is 0 Å². The van der Waals surface area contributed by atoms with Crippen molar-refractivity contribution in [1.82, 2.24) is 0 Å². The number of aryl methyl sites for hydroxylation is 1. The molecule has 0 atom stereocenters. The molecular weight excluding hydrogens is 178 g/mol. The molecule has 0 aliphatic heterocycles. The van der Waals surface area contributed by atoms with Gasteiger partial charge in [0.15, 0.2) is 11.5 Å². The number of hydrogen-bond acceptors (Lipinski definition) is 3. The van der Waals surface area contributed by atoms with E-state index < -0.39 is 0 Å². The Labute approximate surface area is 83.9 Å². The Morgan fingerprint density at radius 1 is 1.29 bits per heavy atom. The van der Waals surface area contributed by atoms with Crippen molar-refractivity contribution in [3.05, 3.63) is 23.3 Å². The van der Waals surface area contributed by atoms with Crippen LogP contribution in [0.2, 0.25) is 0 Å². The van der Waals surface area contributed by atoms with Gasteiger partial charge in [-0.05, 0) is 18.1 Å². The summed E-state index contributed by atoms with van der Waals surface area (Å²) in [6.07, 6.45) is 0.809. The number of nitrogens with zero attached hydrogens (tertiary/aromatic N) is 1. The second kappa shape index (κ2) is 4.52. The summed E-state index contributed by atoms with van der Waals surface area (Å²) in [5, 5.41) is 9.00. The summed E-state index contributed by atoms with van der Waals surface area (Å²) >= 11 is 0. The fraction of sp³-hybridized carbons (Fsp3) is 0.364. The standard InChI is InChI=1S/C11H13NO2/c1-4-8-5-6-10(13-2)11(14-3)9(8)7-12/h5-6H,4H2,1-3H3. The van der Waals surface area contributed by atoms with Gasteiger partial charge in [-0.3, -0.25) is 0 Å². The third kappa shape index (κ3) is 1.64. The van der Waals surface area contributed by atoms with Gasteiger partial charge >= 0.3 is 0 Å². The molecule has 0 spiro atoms. The van der Waals surface area contributed by atoms with Crippen LogP contribution in [0.5, 0.6) is 11.5 Å². The first-order chi connectivity index (χ1) is 6.78. The second-order valence-corrected chi connectivity index (χ2v) is 2.80. The van der Waals surface area contributed by atoms with Crippen LogP contribution in [-0.2, 0) is 6.42 Å². The molecule has 3 nitrogen and oxygen atoms in total. The van der Waals surface area contributed by atoms with Crippen LogP contribution in [-0.4, -0.2) is 14.2 Å². The van der Waals surface area contributed by atoms with Crippen LogP contribution in [0.1, 0.15) is 18.1 Å². The minimum Gasteiger partial charge on any atom is -0.493 e. The van der Waals surface area contributed by atoms with Gasteiger partial charge in [-0.15, -0.1) is 0 Å². The number of benzene rings is 1. The number of ether oxygens (including phenoxy) is 2. The number of rotatable bonds is 3. The van der Waals surface area contributed by atoms with Gasteiger partial charge in [0.25, 0.3) is 0 Å². The highest BCUT2D eigenvalue weighted by Crippen LogP contribution is 2.32. The van der Waals surface area contributed by atoms with E-state index in [0.717, 1.165) is 12.0 Å². The lowest BCUT2D eigenvalue weighted by molar-refractivity contribution is 0.353. The monoisotopic (exact) mass is 191 g/mol. The summed E-state index contributed by atoms with van der Waals surface area (Å²) < 4.78 is 10.3. The summed E-state index contributed by atoms with van der Waals surface area (Å²) in [6, 6.07) is 5.84. The zero-order chi connectivity index (χ0) is 10.6. The van der Waals surface area contributed by atoms with Crippen LogP contribution in [0.4, 0.5) is 0 Å². The van der Waals surface area contributed by atoms with Crippen LogP contribution in [0.15, 0.2) is 12.1 Å². The van der Waals surface area contributed by atoms with Crippen molar-refractivity contribution in [1.29, 1.82) is 5.26 Å². The molecule has 0 unspecified atom stereocenters. The molecule has 0 aliphatic carbocycles. The molecule has 0 saturated heterocycles. The normalized spacial score (nSPS) is 9.29. The Kier molecular flexibility index (Phi) is 3.35. The van der Waals surface area contributed by atoms with Crippen LogP contribution in [0.3, 0.4) is 0 Å². The quantitative estimate of drug-likeness (QED) is 0.735. The van der Waals surface area contributed by atoms with Gasteiger partial charge in [-0.1, -0.05) is 13.0 Å². The maximum Gasteiger partial charge on any atom is 0.178 e. The van der Waals surface area contributed by atoms with E-state index in [-0.39, 0.29) is 0 Å². The highest BCUT2D eigenvalue weighted by Gasteiger charge is 2.12. The molecule has 0 saturated carbocycles. The fourth-order valence-corrected chi connectivity index (χ4v) is 1.38. The van der Waals surface area contributed by atoms with E-state index in [2.05, 4.69) is 6.07 Å². The molecule has 1 rings (SSSR count). The van der Waals surface area contributed by atoms with E-state index >= 15 is 0 Å². The summed E-state index contributed by atoms with van der Waals surface area (Å²) in [5.74, 6) is 1.12. The molecule has 14 heavy (non-hydrogen) atoms. The maximum absolute atomic E-state index is 9.00. The molecule has 0 radical (unpaired) electrons. The first-order valence-electron chi connectivity index (χ1n) is 4.42. The van der Waals surface area contributed by atoms with Crippen LogP contribution in [0, 0.1) is 11.3 Å². The minimum atomic E-state index is 0.523. The lowest BCUT2D eigenvalue weighted by atomic mass is 10.0. The predicted molar refractivity (Wildman–Crippen MR) is 53.6 cm³/mol. The van der Waals surface area contributed by atoms with Gasteiger partial charge in [0.1, 0.15) is 11.6 Å². The number of nitriles is 1. The lowest BCUT2D eigenvalue weighted by Gasteiger charge is -2.11. The molecule has 0 amide bonds. The van der Waals surface area contributed by atoms with Crippen molar-refractivity contribution >= 4 is 0 Å².